The van der Waals surface area contributed by atoms with Gasteiger partial charge in [0.2, 0.25) is 5.91 Å². The highest BCUT2D eigenvalue weighted by atomic mass is 32.2. The molecule has 0 bridgehead atoms. The summed E-state index contributed by atoms with van der Waals surface area (Å²) in [6, 6.07) is 0. The molecule has 0 unspecified atom stereocenters. The first-order valence-electron chi connectivity index (χ1n) is 8.44. The molecule has 2 rings (SSSR count). The van der Waals surface area contributed by atoms with E-state index in [9.17, 15) is 9.90 Å². The number of carbonyl (C=O) groups is 1. The Labute approximate surface area is 133 Å². The van der Waals surface area contributed by atoms with Crippen LogP contribution in [0.25, 0.3) is 0 Å². The van der Waals surface area contributed by atoms with Gasteiger partial charge in [0, 0.05) is 30.2 Å². The lowest BCUT2D eigenvalue weighted by Gasteiger charge is -2.47. The van der Waals surface area contributed by atoms with Gasteiger partial charge in [-0.3, -0.25) is 4.79 Å². The first-order chi connectivity index (χ1) is 9.80. The lowest BCUT2D eigenvalue weighted by atomic mass is 9.71. The van der Waals surface area contributed by atoms with Crippen molar-refractivity contribution in [2.45, 2.75) is 76.1 Å². The van der Waals surface area contributed by atoms with Gasteiger partial charge in [0.15, 0.2) is 0 Å². The average molecular weight is 314 g/mol. The average Bonchev–Trinajstić information content (AvgIpc) is 2.41. The number of piperidine rings is 1. The van der Waals surface area contributed by atoms with Gasteiger partial charge in [0.25, 0.3) is 0 Å². The molecule has 2 aliphatic rings. The van der Waals surface area contributed by atoms with Crippen LogP contribution < -0.4 is 0 Å². The van der Waals surface area contributed by atoms with E-state index in [0.29, 0.717) is 12.3 Å². The van der Waals surface area contributed by atoms with Crippen molar-refractivity contribution in [1.82, 2.24) is 4.90 Å². The highest BCUT2D eigenvalue weighted by Gasteiger charge is 2.43. The van der Waals surface area contributed by atoms with Crippen LogP contribution in [-0.4, -0.2) is 45.1 Å². The number of fused-ring (bicyclic) bond motifs is 1. The monoisotopic (exact) mass is 313 g/mol. The SMILES string of the molecule is CC(C)(C)SCCCC(=O)N1CC[C@]2(O)CCCC[C@H]2C1. The van der Waals surface area contributed by atoms with E-state index < -0.39 is 5.60 Å². The van der Waals surface area contributed by atoms with Crippen LogP contribution in [0, 0.1) is 5.92 Å². The number of hydrogen-bond acceptors (Lipinski definition) is 3. The smallest absolute Gasteiger partial charge is 0.222 e. The van der Waals surface area contributed by atoms with Gasteiger partial charge in [-0.1, -0.05) is 33.6 Å². The van der Waals surface area contributed by atoms with Crippen molar-refractivity contribution in [2.75, 3.05) is 18.8 Å². The largest absolute Gasteiger partial charge is 0.389 e. The van der Waals surface area contributed by atoms with Crippen molar-refractivity contribution in [3.63, 3.8) is 0 Å². The Morgan fingerprint density at radius 3 is 2.81 bits per heavy atom. The summed E-state index contributed by atoms with van der Waals surface area (Å²) >= 11 is 1.93. The number of thioether (sulfide) groups is 1. The minimum Gasteiger partial charge on any atom is -0.389 e. The summed E-state index contributed by atoms with van der Waals surface area (Å²) in [7, 11) is 0. The van der Waals surface area contributed by atoms with Crippen LogP contribution in [-0.2, 0) is 4.79 Å². The Kier molecular flexibility index (Phi) is 5.64. The second-order valence-electron chi connectivity index (χ2n) is 7.70. The van der Waals surface area contributed by atoms with E-state index in [1.165, 1.54) is 6.42 Å². The molecule has 1 aliphatic heterocycles. The van der Waals surface area contributed by atoms with E-state index in [0.717, 1.165) is 50.9 Å². The predicted molar refractivity (Wildman–Crippen MR) is 89.5 cm³/mol. The summed E-state index contributed by atoms with van der Waals surface area (Å²) in [6.45, 7) is 8.18. The Hall–Kier alpha value is -0.220. The van der Waals surface area contributed by atoms with E-state index in [4.69, 9.17) is 0 Å². The standard InChI is InChI=1S/C17H31NO2S/c1-16(2,3)21-12-6-8-15(19)18-11-10-17(20)9-5-4-7-14(17)13-18/h14,20H,4-13H2,1-3H3/t14-,17+/m0/s1. The van der Waals surface area contributed by atoms with Crippen molar-refractivity contribution >= 4 is 17.7 Å². The third-order valence-corrected chi connectivity index (χ3v) is 6.21. The lowest BCUT2D eigenvalue weighted by Crippen LogP contribution is -2.54. The Balaban J connectivity index is 1.74. The molecule has 2 atom stereocenters. The molecule has 1 N–H and O–H groups in total. The molecular weight excluding hydrogens is 282 g/mol. The van der Waals surface area contributed by atoms with Crippen molar-refractivity contribution < 1.29 is 9.90 Å². The molecule has 1 heterocycles. The molecule has 21 heavy (non-hydrogen) atoms. The number of likely N-dealkylation sites (tertiary alicyclic amines) is 1. The zero-order valence-electron chi connectivity index (χ0n) is 13.9. The number of carbonyl (C=O) groups excluding carboxylic acids is 1. The fourth-order valence-electron chi connectivity index (χ4n) is 3.56. The van der Waals surface area contributed by atoms with Gasteiger partial charge in [-0.25, -0.2) is 0 Å². The van der Waals surface area contributed by atoms with E-state index >= 15 is 0 Å². The van der Waals surface area contributed by atoms with Gasteiger partial charge < -0.3 is 10.0 Å². The van der Waals surface area contributed by atoms with E-state index in [-0.39, 0.29) is 10.7 Å². The lowest BCUT2D eigenvalue weighted by molar-refractivity contribution is -0.143. The third kappa shape index (κ3) is 4.88. The third-order valence-electron chi connectivity index (χ3n) is 4.85. The zero-order chi connectivity index (χ0) is 15.5. The van der Waals surface area contributed by atoms with Crippen molar-refractivity contribution in [3.05, 3.63) is 0 Å². The van der Waals surface area contributed by atoms with Crippen molar-refractivity contribution in [2.24, 2.45) is 5.92 Å². The number of nitrogens with zero attached hydrogens (tertiary/aromatic N) is 1. The predicted octanol–water partition coefficient (Wildman–Crippen LogP) is 3.45. The molecule has 1 saturated carbocycles. The maximum absolute atomic E-state index is 12.3. The fourth-order valence-corrected chi connectivity index (χ4v) is 4.46. The van der Waals surface area contributed by atoms with Gasteiger partial charge in [-0.15, -0.1) is 0 Å². The van der Waals surface area contributed by atoms with Crippen molar-refractivity contribution in [3.8, 4) is 0 Å². The molecule has 1 amide bonds. The number of aliphatic hydroxyl groups is 1. The van der Waals surface area contributed by atoms with E-state index in [2.05, 4.69) is 20.8 Å². The summed E-state index contributed by atoms with van der Waals surface area (Å²) in [5, 5.41) is 10.7. The minimum atomic E-state index is -0.475. The quantitative estimate of drug-likeness (QED) is 0.808. The summed E-state index contributed by atoms with van der Waals surface area (Å²) in [4.78, 5) is 14.3. The first kappa shape index (κ1) is 17.1. The molecular formula is C17H31NO2S. The minimum absolute atomic E-state index is 0.284. The second kappa shape index (κ2) is 6.91. The number of rotatable bonds is 4. The highest BCUT2D eigenvalue weighted by molar-refractivity contribution is 8.00. The van der Waals surface area contributed by atoms with Gasteiger partial charge in [-0.2, -0.15) is 11.8 Å². The molecule has 0 aromatic rings. The van der Waals surface area contributed by atoms with Crippen LogP contribution in [0.2, 0.25) is 0 Å². The van der Waals surface area contributed by atoms with Crippen LogP contribution in [0.15, 0.2) is 0 Å². The molecule has 2 fully saturated rings. The highest BCUT2D eigenvalue weighted by Crippen LogP contribution is 2.39. The van der Waals surface area contributed by atoms with Crippen molar-refractivity contribution in [1.29, 1.82) is 0 Å². The summed E-state index contributed by atoms with van der Waals surface area (Å²) in [5.41, 5.74) is -0.475. The Bertz CT molecular complexity index is 366. The zero-order valence-corrected chi connectivity index (χ0v) is 14.7. The maximum Gasteiger partial charge on any atom is 0.222 e. The summed E-state index contributed by atoms with van der Waals surface area (Å²) in [6.07, 6.45) is 6.77. The molecule has 4 heteroatoms. The molecule has 122 valence electrons. The van der Waals surface area contributed by atoms with Gasteiger partial charge in [0.1, 0.15) is 0 Å². The van der Waals surface area contributed by atoms with Crippen LogP contribution in [0.1, 0.15) is 65.7 Å². The normalized spacial score (nSPS) is 30.1. The maximum atomic E-state index is 12.3. The van der Waals surface area contributed by atoms with Crippen LogP contribution in [0.3, 0.4) is 0 Å². The molecule has 0 spiro atoms. The molecule has 0 radical (unpaired) electrons. The van der Waals surface area contributed by atoms with Crippen LogP contribution in [0.5, 0.6) is 0 Å². The molecule has 0 aromatic heterocycles. The van der Waals surface area contributed by atoms with Crippen LogP contribution >= 0.6 is 11.8 Å². The van der Waals surface area contributed by atoms with Gasteiger partial charge in [0.05, 0.1) is 5.60 Å². The van der Waals surface area contributed by atoms with Gasteiger partial charge >= 0.3 is 0 Å². The number of amides is 1. The van der Waals surface area contributed by atoms with Crippen LogP contribution in [0.4, 0.5) is 0 Å². The molecule has 3 nitrogen and oxygen atoms in total. The second-order valence-corrected chi connectivity index (χ2v) is 9.62. The summed E-state index contributed by atoms with van der Waals surface area (Å²) in [5.74, 6) is 1.65. The number of hydrogen-bond donors (Lipinski definition) is 1. The summed E-state index contributed by atoms with van der Waals surface area (Å²) < 4.78 is 0.284. The topological polar surface area (TPSA) is 40.5 Å². The fraction of sp³-hybridized carbons (Fsp3) is 0.941. The van der Waals surface area contributed by atoms with Gasteiger partial charge in [-0.05, 0) is 31.4 Å². The van der Waals surface area contributed by atoms with E-state index in [1.807, 2.05) is 16.7 Å². The molecule has 1 saturated heterocycles. The first-order valence-corrected chi connectivity index (χ1v) is 9.43. The molecule has 1 aliphatic carbocycles. The Morgan fingerprint density at radius 1 is 1.33 bits per heavy atom. The Morgan fingerprint density at radius 2 is 2.10 bits per heavy atom. The van der Waals surface area contributed by atoms with E-state index in [1.54, 1.807) is 0 Å². The molecule has 0 aromatic carbocycles.